The van der Waals surface area contributed by atoms with Crippen molar-refractivity contribution in [3.8, 4) is 0 Å². The van der Waals surface area contributed by atoms with E-state index in [1.165, 1.54) is 0 Å². The highest BCUT2D eigenvalue weighted by Gasteiger charge is 2.05. The molecule has 0 unspecified atom stereocenters. The predicted molar refractivity (Wildman–Crippen MR) is 89.6 cm³/mol. The van der Waals surface area contributed by atoms with Gasteiger partial charge in [-0.3, -0.25) is 0 Å². The first-order valence-electron chi connectivity index (χ1n) is 5.39. The van der Waals surface area contributed by atoms with Crippen LogP contribution in [0.5, 0.6) is 0 Å². The van der Waals surface area contributed by atoms with E-state index in [0.717, 1.165) is 33.3 Å². The van der Waals surface area contributed by atoms with Gasteiger partial charge in [-0.15, -0.1) is 34.0 Å². The average Bonchev–Trinajstić information content (AvgIpc) is 2.92. The van der Waals surface area contributed by atoms with Gasteiger partial charge in [-0.1, -0.05) is 23.9 Å². The van der Waals surface area contributed by atoms with Crippen molar-refractivity contribution in [3.05, 3.63) is 42.0 Å². The molecule has 19 heavy (non-hydrogen) atoms. The van der Waals surface area contributed by atoms with E-state index in [0.29, 0.717) is 0 Å². The van der Waals surface area contributed by atoms with Gasteiger partial charge in [0.15, 0.2) is 5.16 Å². The summed E-state index contributed by atoms with van der Waals surface area (Å²) in [5.41, 5.74) is 4.28. The SMILES string of the molecule is Br.Br.Cc1[nH]cnc1CSc1nc2ccccc2[nH]1. The summed E-state index contributed by atoms with van der Waals surface area (Å²) < 4.78 is 0. The maximum absolute atomic E-state index is 4.51. The van der Waals surface area contributed by atoms with Gasteiger partial charge in [-0.2, -0.15) is 0 Å². The number of benzene rings is 1. The molecule has 2 heterocycles. The Morgan fingerprint density at radius 2 is 2.00 bits per heavy atom. The minimum absolute atomic E-state index is 0. The number of fused-ring (bicyclic) bond motifs is 1. The molecule has 3 rings (SSSR count). The number of hydrogen-bond donors (Lipinski definition) is 2. The summed E-state index contributed by atoms with van der Waals surface area (Å²) in [6.45, 7) is 2.03. The molecular formula is C12H14Br2N4S. The number of hydrogen-bond acceptors (Lipinski definition) is 3. The van der Waals surface area contributed by atoms with Gasteiger partial charge >= 0.3 is 0 Å². The fourth-order valence-corrected chi connectivity index (χ4v) is 2.58. The van der Waals surface area contributed by atoms with Crippen LogP contribution in [0.4, 0.5) is 0 Å². The van der Waals surface area contributed by atoms with Crippen LogP contribution in [0.2, 0.25) is 0 Å². The molecule has 0 saturated carbocycles. The highest BCUT2D eigenvalue weighted by molar-refractivity contribution is 8.93. The third kappa shape index (κ3) is 3.61. The first-order chi connectivity index (χ1) is 8.33. The lowest BCUT2D eigenvalue weighted by molar-refractivity contribution is 1.07. The topological polar surface area (TPSA) is 57.4 Å². The van der Waals surface area contributed by atoms with Crippen molar-refractivity contribution >= 4 is 56.8 Å². The van der Waals surface area contributed by atoms with Crippen LogP contribution < -0.4 is 0 Å². The van der Waals surface area contributed by atoms with E-state index >= 15 is 0 Å². The number of nitrogens with zero attached hydrogens (tertiary/aromatic N) is 2. The van der Waals surface area contributed by atoms with Crippen molar-refractivity contribution in [2.45, 2.75) is 17.8 Å². The second-order valence-electron chi connectivity index (χ2n) is 3.82. The zero-order valence-electron chi connectivity index (χ0n) is 10.2. The fraction of sp³-hybridized carbons (Fsp3) is 0.167. The Bertz CT molecular complexity index is 617. The highest BCUT2D eigenvalue weighted by atomic mass is 79.9. The quantitative estimate of drug-likeness (QED) is 0.646. The highest BCUT2D eigenvalue weighted by Crippen LogP contribution is 2.22. The van der Waals surface area contributed by atoms with Gasteiger partial charge in [-0.05, 0) is 19.1 Å². The van der Waals surface area contributed by atoms with E-state index in [9.17, 15) is 0 Å². The van der Waals surface area contributed by atoms with E-state index < -0.39 is 0 Å². The number of aromatic amines is 2. The van der Waals surface area contributed by atoms with Crippen molar-refractivity contribution < 1.29 is 0 Å². The number of imidazole rings is 2. The normalized spacial score (nSPS) is 9.95. The predicted octanol–water partition coefficient (Wildman–Crippen LogP) is 4.04. The van der Waals surface area contributed by atoms with Crippen molar-refractivity contribution in [2.75, 3.05) is 0 Å². The molecule has 7 heteroatoms. The molecule has 0 aliphatic heterocycles. The molecule has 0 atom stereocenters. The number of aryl methyl sites for hydroxylation is 1. The van der Waals surface area contributed by atoms with Crippen LogP contribution in [0.3, 0.4) is 0 Å². The van der Waals surface area contributed by atoms with Crippen LogP contribution >= 0.6 is 45.7 Å². The lowest BCUT2D eigenvalue weighted by Gasteiger charge is -1.95. The van der Waals surface area contributed by atoms with Crippen LogP contribution in [0.15, 0.2) is 35.7 Å². The Morgan fingerprint density at radius 1 is 1.21 bits per heavy atom. The molecule has 0 amide bonds. The van der Waals surface area contributed by atoms with Gasteiger partial charge in [-0.25, -0.2) is 9.97 Å². The molecule has 0 aliphatic rings. The minimum atomic E-state index is 0. The van der Waals surface area contributed by atoms with Crippen LogP contribution in [0.25, 0.3) is 11.0 Å². The van der Waals surface area contributed by atoms with Gasteiger partial charge in [0.25, 0.3) is 0 Å². The van der Waals surface area contributed by atoms with Crippen LogP contribution in [-0.4, -0.2) is 19.9 Å². The molecule has 4 nitrogen and oxygen atoms in total. The van der Waals surface area contributed by atoms with Gasteiger partial charge < -0.3 is 9.97 Å². The maximum atomic E-state index is 4.51. The molecule has 0 fully saturated rings. The Hall–Kier alpha value is -0.790. The van der Waals surface area contributed by atoms with E-state index in [-0.39, 0.29) is 34.0 Å². The van der Waals surface area contributed by atoms with E-state index in [4.69, 9.17) is 0 Å². The van der Waals surface area contributed by atoms with Crippen molar-refractivity contribution in [1.82, 2.24) is 19.9 Å². The summed E-state index contributed by atoms with van der Waals surface area (Å²) >= 11 is 1.67. The molecular weight excluding hydrogens is 392 g/mol. The number of thioether (sulfide) groups is 1. The lowest BCUT2D eigenvalue weighted by atomic mass is 10.3. The Labute approximate surface area is 136 Å². The van der Waals surface area contributed by atoms with Gasteiger partial charge in [0.05, 0.1) is 23.1 Å². The van der Waals surface area contributed by atoms with Gasteiger partial charge in [0, 0.05) is 11.4 Å². The summed E-state index contributed by atoms with van der Waals surface area (Å²) in [7, 11) is 0. The molecule has 1 aromatic carbocycles. The average molecular weight is 406 g/mol. The van der Waals surface area contributed by atoms with Crippen molar-refractivity contribution in [1.29, 1.82) is 0 Å². The number of para-hydroxylation sites is 2. The van der Waals surface area contributed by atoms with Crippen molar-refractivity contribution in [3.63, 3.8) is 0 Å². The van der Waals surface area contributed by atoms with Crippen LogP contribution in [-0.2, 0) is 5.75 Å². The number of H-pyrrole nitrogens is 2. The summed E-state index contributed by atoms with van der Waals surface area (Å²) in [6, 6.07) is 8.05. The Balaban J connectivity index is 0.000000902. The third-order valence-electron chi connectivity index (χ3n) is 2.65. The molecule has 0 aliphatic carbocycles. The maximum Gasteiger partial charge on any atom is 0.166 e. The third-order valence-corrected chi connectivity index (χ3v) is 3.53. The monoisotopic (exact) mass is 404 g/mol. The summed E-state index contributed by atoms with van der Waals surface area (Å²) in [4.78, 5) is 15.1. The fourth-order valence-electron chi connectivity index (χ4n) is 1.67. The van der Waals surface area contributed by atoms with Crippen molar-refractivity contribution in [2.24, 2.45) is 0 Å². The first-order valence-corrected chi connectivity index (χ1v) is 6.38. The molecule has 2 N–H and O–H groups in total. The molecule has 0 bridgehead atoms. The van der Waals surface area contributed by atoms with E-state index in [2.05, 4.69) is 19.9 Å². The zero-order chi connectivity index (χ0) is 11.7. The number of nitrogens with one attached hydrogen (secondary N) is 2. The van der Waals surface area contributed by atoms with Gasteiger partial charge in [0.1, 0.15) is 0 Å². The smallest absolute Gasteiger partial charge is 0.166 e. The lowest BCUT2D eigenvalue weighted by Crippen LogP contribution is -1.85. The standard InChI is InChI=1S/C12H12N4S.2BrH/c1-8-11(14-7-13-8)6-17-12-15-9-4-2-3-5-10(9)16-12;;/h2-5,7H,6H2,1H3,(H,13,14)(H,15,16);2*1H. The molecule has 3 aromatic rings. The molecule has 0 saturated heterocycles. The summed E-state index contributed by atoms with van der Waals surface area (Å²) in [5.74, 6) is 0.829. The van der Waals surface area contributed by atoms with Crippen LogP contribution in [0, 0.1) is 6.92 Å². The van der Waals surface area contributed by atoms with Crippen LogP contribution in [0.1, 0.15) is 11.4 Å². The number of aromatic nitrogens is 4. The van der Waals surface area contributed by atoms with E-state index in [1.807, 2.05) is 31.2 Å². The summed E-state index contributed by atoms with van der Waals surface area (Å²) in [5, 5.41) is 0.939. The van der Waals surface area contributed by atoms with Gasteiger partial charge in [0.2, 0.25) is 0 Å². The zero-order valence-corrected chi connectivity index (χ0v) is 14.5. The van der Waals surface area contributed by atoms with E-state index in [1.54, 1.807) is 18.1 Å². The number of rotatable bonds is 3. The second-order valence-corrected chi connectivity index (χ2v) is 4.79. The first kappa shape index (κ1) is 16.3. The largest absolute Gasteiger partial charge is 0.348 e. The Kier molecular flexibility index (Phi) is 6.09. The molecule has 0 spiro atoms. The summed E-state index contributed by atoms with van der Waals surface area (Å²) in [6.07, 6.45) is 1.73. The molecule has 2 aromatic heterocycles. The minimum Gasteiger partial charge on any atom is -0.348 e. The second kappa shape index (κ2) is 7.12. The Morgan fingerprint density at radius 3 is 2.68 bits per heavy atom. The molecule has 102 valence electrons. The molecule has 0 radical (unpaired) electrons. The number of halogens is 2.